The van der Waals surface area contributed by atoms with E-state index in [1.807, 2.05) is 74.6 Å². The molecule has 5 rings (SSSR count). The standard InChI is InChI=1S/C27H21BrN2O3/c1-15-7-10-18(11-8-15)30-24(20-14-29-22-6-4-3-5-19(20)22)23(26(32)27(30)33)25(31)17-9-12-21(28)16(2)13-17/h3-14,24,29,31H,1-2H3/b25-23+. The number of anilines is 1. The first-order valence-electron chi connectivity index (χ1n) is 10.6. The lowest BCUT2D eigenvalue weighted by Gasteiger charge is -2.25. The molecule has 2 heterocycles. The van der Waals surface area contributed by atoms with Gasteiger partial charge in [0.05, 0.1) is 11.6 Å². The maximum absolute atomic E-state index is 13.3. The Morgan fingerprint density at radius 2 is 1.73 bits per heavy atom. The van der Waals surface area contributed by atoms with E-state index in [1.165, 1.54) is 4.90 Å². The van der Waals surface area contributed by atoms with Gasteiger partial charge in [-0.3, -0.25) is 14.5 Å². The number of hydrogen-bond donors (Lipinski definition) is 2. The predicted octanol–water partition coefficient (Wildman–Crippen LogP) is 6.17. The van der Waals surface area contributed by atoms with Crippen molar-refractivity contribution in [1.29, 1.82) is 0 Å². The van der Waals surface area contributed by atoms with Crippen molar-refractivity contribution < 1.29 is 14.7 Å². The van der Waals surface area contributed by atoms with E-state index in [0.717, 1.165) is 32.1 Å². The fraction of sp³-hybridized carbons (Fsp3) is 0.111. The number of amides is 1. The van der Waals surface area contributed by atoms with Crippen molar-refractivity contribution in [3.8, 4) is 0 Å². The Hall–Kier alpha value is -3.64. The Morgan fingerprint density at radius 1 is 1.00 bits per heavy atom. The molecule has 1 unspecified atom stereocenters. The van der Waals surface area contributed by atoms with E-state index in [-0.39, 0.29) is 11.3 Å². The molecule has 1 atom stereocenters. The van der Waals surface area contributed by atoms with E-state index in [1.54, 1.807) is 12.1 Å². The summed E-state index contributed by atoms with van der Waals surface area (Å²) >= 11 is 3.47. The van der Waals surface area contributed by atoms with Gasteiger partial charge in [-0.25, -0.2) is 0 Å². The van der Waals surface area contributed by atoms with Crippen LogP contribution in [-0.4, -0.2) is 21.8 Å². The van der Waals surface area contributed by atoms with Gasteiger partial charge in [0, 0.05) is 38.4 Å². The number of aryl methyl sites for hydroxylation is 2. The number of benzene rings is 3. The number of aromatic amines is 1. The fourth-order valence-electron chi connectivity index (χ4n) is 4.37. The number of halogens is 1. The quantitative estimate of drug-likeness (QED) is 0.200. The van der Waals surface area contributed by atoms with Crippen LogP contribution in [0.3, 0.4) is 0 Å². The van der Waals surface area contributed by atoms with E-state index >= 15 is 0 Å². The molecule has 1 amide bonds. The molecule has 5 nitrogen and oxygen atoms in total. The molecule has 1 fully saturated rings. The lowest BCUT2D eigenvalue weighted by atomic mass is 9.94. The molecule has 164 valence electrons. The Labute approximate surface area is 199 Å². The van der Waals surface area contributed by atoms with Crippen molar-refractivity contribution in [2.75, 3.05) is 4.90 Å². The third kappa shape index (κ3) is 3.47. The molecular weight excluding hydrogens is 480 g/mol. The topological polar surface area (TPSA) is 73.4 Å². The number of hydrogen-bond acceptors (Lipinski definition) is 3. The summed E-state index contributed by atoms with van der Waals surface area (Å²) in [6, 6.07) is 19.8. The van der Waals surface area contributed by atoms with Crippen LogP contribution in [0.4, 0.5) is 5.69 Å². The van der Waals surface area contributed by atoms with Crippen LogP contribution in [0.2, 0.25) is 0 Å². The van der Waals surface area contributed by atoms with Crippen molar-refractivity contribution in [3.63, 3.8) is 0 Å². The second kappa shape index (κ2) is 8.05. The van der Waals surface area contributed by atoms with Gasteiger partial charge in [-0.2, -0.15) is 0 Å². The van der Waals surface area contributed by atoms with Crippen LogP contribution in [0.15, 0.2) is 83.0 Å². The third-order valence-electron chi connectivity index (χ3n) is 6.10. The molecule has 0 radical (unpaired) electrons. The van der Waals surface area contributed by atoms with Gasteiger partial charge >= 0.3 is 0 Å². The van der Waals surface area contributed by atoms with Crippen LogP contribution in [0.5, 0.6) is 0 Å². The third-order valence-corrected chi connectivity index (χ3v) is 6.99. The van der Waals surface area contributed by atoms with Crippen LogP contribution in [0.25, 0.3) is 16.7 Å². The minimum atomic E-state index is -0.771. The molecule has 2 N–H and O–H groups in total. The zero-order valence-electron chi connectivity index (χ0n) is 18.1. The summed E-state index contributed by atoms with van der Waals surface area (Å²) in [6.45, 7) is 3.87. The fourth-order valence-corrected chi connectivity index (χ4v) is 4.61. The van der Waals surface area contributed by atoms with Gasteiger partial charge in [-0.1, -0.05) is 57.9 Å². The smallest absolute Gasteiger partial charge is 0.300 e. The van der Waals surface area contributed by atoms with Crippen LogP contribution in [0, 0.1) is 13.8 Å². The molecule has 0 saturated carbocycles. The molecule has 1 aliphatic rings. The average Bonchev–Trinajstić information content (AvgIpc) is 3.35. The molecular formula is C27H21BrN2O3. The summed E-state index contributed by atoms with van der Waals surface area (Å²) in [5, 5.41) is 12.2. The number of H-pyrrole nitrogens is 1. The van der Waals surface area contributed by atoms with E-state index < -0.39 is 17.7 Å². The van der Waals surface area contributed by atoms with E-state index in [0.29, 0.717) is 11.3 Å². The van der Waals surface area contributed by atoms with Gasteiger partial charge < -0.3 is 10.1 Å². The van der Waals surface area contributed by atoms with Crippen molar-refractivity contribution in [3.05, 3.63) is 105 Å². The van der Waals surface area contributed by atoms with Gasteiger partial charge in [-0.05, 0) is 49.7 Å². The Morgan fingerprint density at radius 3 is 2.45 bits per heavy atom. The number of rotatable bonds is 3. The Balaban J connectivity index is 1.78. The number of para-hydroxylation sites is 1. The second-order valence-electron chi connectivity index (χ2n) is 8.26. The molecule has 1 saturated heterocycles. The minimum absolute atomic E-state index is 0.0760. The molecule has 1 aliphatic heterocycles. The molecule has 0 aliphatic carbocycles. The highest BCUT2D eigenvalue weighted by Crippen LogP contribution is 2.44. The highest BCUT2D eigenvalue weighted by atomic mass is 79.9. The van der Waals surface area contributed by atoms with Gasteiger partial charge in [0.2, 0.25) is 0 Å². The van der Waals surface area contributed by atoms with Gasteiger partial charge in [0.1, 0.15) is 5.76 Å². The highest BCUT2D eigenvalue weighted by molar-refractivity contribution is 9.10. The molecule has 1 aromatic heterocycles. The number of fused-ring (bicyclic) bond motifs is 1. The molecule has 0 bridgehead atoms. The van der Waals surface area contributed by atoms with Gasteiger partial charge in [0.25, 0.3) is 11.7 Å². The highest BCUT2D eigenvalue weighted by Gasteiger charge is 2.47. The molecule has 3 aromatic carbocycles. The number of nitrogens with one attached hydrogen (secondary N) is 1. The number of ketones is 1. The molecule has 33 heavy (non-hydrogen) atoms. The minimum Gasteiger partial charge on any atom is -0.507 e. The van der Waals surface area contributed by atoms with Crippen molar-refractivity contribution in [1.82, 2.24) is 4.98 Å². The van der Waals surface area contributed by atoms with Gasteiger partial charge in [-0.15, -0.1) is 0 Å². The summed E-state index contributed by atoms with van der Waals surface area (Å²) in [5.41, 5.74) is 4.76. The maximum atomic E-state index is 13.3. The monoisotopic (exact) mass is 500 g/mol. The average molecular weight is 501 g/mol. The number of aliphatic hydroxyl groups excluding tert-OH is 1. The van der Waals surface area contributed by atoms with Crippen molar-refractivity contribution in [2.24, 2.45) is 0 Å². The van der Waals surface area contributed by atoms with Crippen LogP contribution in [0.1, 0.15) is 28.3 Å². The van der Waals surface area contributed by atoms with Crippen LogP contribution < -0.4 is 4.90 Å². The summed E-state index contributed by atoms with van der Waals surface area (Å²) in [4.78, 5) is 31.4. The van der Waals surface area contributed by atoms with E-state index in [2.05, 4.69) is 20.9 Å². The first-order valence-corrected chi connectivity index (χ1v) is 11.4. The van der Waals surface area contributed by atoms with Crippen LogP contribution in [-0.2, 0) is 9.59 Å². The summed E-state index contributed by atoms with van der Waals surface area (Å²) in [6.07, 6.45) is 1.81. The largest absolute Gasteiger partial charge is 0.507 e. The number of aliphatic hydroxyl groups is 1. The zero-order valence-corrected chi connectivity index (χ0v) is 19.7. The van der Waals surface area contributed by atoms with Crippen molar-refractivity contribution in [2.45, 2.75) is 19.9 Å². The van der Waals surface area contributed by atoms with Gasteiger partial charge in [0.15, 0.2) is 0 Å². The van der Waals surface area contributed by atoms with Crippen molar-refractivity contribution >= 4 is 50.0 Å². The molecule has 0 spiro atoms. The number of aromatic nitrogens is 1. The zero-order chi connectivity index (χ0) is 23.3. The number of Topliss-reactive ketones (excluding diaryl/α,β-unsaturated/α-hetero) is 1. The normalized spacial score (nSPS) is 17.8. The van der Waals surface area contributed by atoms with E-state index in [4.69, 9.17) is 0 Å². The second-order valence-corrected chi connectivity index (χ2v) is 9.11. The number of nitrogens with zero attached hydrogens (tertiary/aromatic N) is 1. The predicted molar refractivity (Wildman–Crippen MR) is 133 cm³/mol. The lowest BCUT2D eigenvalue weighted by molar-refractivity contribution is -0.132. The molecule has 6 heteroatoms. The van der Waals surface area contributed by atoms with Crippen LogP contribution >= 0.6 is 15.9 Å². The number of carbonyl (C=O) groups excluding carboxylic acids is 2. The first-order chi connectivity index (χ1) is 15.9. The summed E-state index contributed by atoms with van der Waals surface area (Å²) < 4.78 is 0.896. The molecule has 4 aromatic rings. The first kappa shape index (κ1) is 21.2. The number of carbonyl (C=O) groups is 2. The SMILES string of the molecule is Cc1ccc(N2C(=O)C(=O)/C(=C(/O)c3ccc(Br)c(C)c3)C2c2c[nH]c3ccccc23)cc1. The summed E-state index contributed by atoms with van der Waals surface area (Å²) in [5.74, 6) is -1.55. The van der Waals surface area contributed by atoms with E-state index in [9.17, 15) is 14.7 Å². The summed E-state index contributed by atoms with van der Waals surface area (Å²) in [7, 11) is 0. The Kier molecular flexibility index (Phi) is 5.17. The lowest BCUT2D eigenvalue weighted by Crippen LogP contribution is -2.29. The Bertz CT molecular complexity index is 1450. The maximum Gasteiger partial charge on any atom is 0.300 e.